The van der Waals surface area contributed by atoms with Gasteiger partial charge in [-0.1, -0.05) is 28.1 Å². The molecular formula is C11H10BrF3N2O2. The Balaban J connectivity index is 2.85. The molecule has 3 N–H and O–H groups in total. The van der Waals surface area contributed by atoms with E-state index in [1.165, 1.54) is 12.1 Å². The van der Waals surface area contributed by atoms with Crippen LogP contribution in [0.2, 0.25) is 0 Å². The average molecular weight is 339 g/mol. The fourth-order valence-corrected chi connectivity index (χ4v) is 1.82. The highest BCUT2D eigenvalue weighted by Gasteiger charge is 2.33. The van der Waals surface area contributed by atoms with Crippen molar-refractivity contribution in [1.29, 1.82) is 0 Å². The first-order valence-corrected chi connectivity index (χ1v) is 5.89. The molecule has 0 aliphatic heterocycles. The van der Waals surface area contributed by atoms with Crippen LogP contribution in [0, 0.1) is 0 Å². The molecule has 4 nitrogen and oxygen atoms in total. The van der Waals surface area contributed by atoms with Crippen molar-refractivity contribution in [3.63, 3.8) is 0 Å². The van der Waals surface area contributed by atoms with Gasteiger partial charge in [0.25, 0.3) is 0 Å². The zero-order chi connectivity index (χ0) is 14.6. The summed E-state index contributed by atoms with van der Waals surface area (Å²) in [4.78, 5) is 22.4. The predicted molar refractivity (Wildman–Crippen MR) is 64.9 cm³/mol. The molecule has 8 heteroatoms. The molecule has 0 saturated heterocycles. The van der Waals surface area contributed by atoms with Crippen LogP contribution in [0.3, 0.4) is 0 Å². The normalized spacial score (nSPS) is 12.8. The Morgan fingerprint density at radius 1 is 1.37 bits per heavy atom. The van der Waals surface area contributed by atoms with Gasteiger partial charge in [0.05, 0.1) is 0 Å². The minimum absolute atomic E-state index is 0.303. The van der Waals surface area contributed by atoms with E-state index in [1.54, 1.807) is 12.1 Å². The summed E-state index contributed by atoms with van der Waals surface area (Å²) in [6.07, 6.45) is -6.30. The quantitative estimate of drug-likeness (QED) is 0.881. The number of nitrogens with one attached hydrogen (secondary N) is 1. The molecule has 0 fully saturated rings. The van der Waals surface area contributed by atoms with Crippen LogP contribution in [0.15, 0.2) is 28.7 Å². The van der Waals surface area contributed by atoms with E-state index in [0.29, 0.717) is 10.0 Å². The standard InChI is InChI=1S/C11H10BrF3N2O2/c12-7-3-1-2-6(4-7)9(10(16)19)17-8(18)5-11(13,14)15/h1-4,9H,5H2,(H2,16,19)(H,17,18)/t9-/m0/s1. The zero-order valence-corrected chi connectivity index (χ0v) is 11.1. The second kappa shape index (κ2) is 6.05. The van der Waals surface area contributed by atoms with Crippen LogP contribution in [0.5, 0.6) is 0 Å². The number of nitrogens with two attached hydrogens (primary N) is 1. The van der Waals surface area contributed by atoms with Gasteiger partial charge in [-0.3, -0.25) is 9.59 Å². The molecule has 0 saturated carbocycles. The van der Waals surface area contributed by atoms with Crippen molar-refractivity contribution in [1.82, 2.24) is 5.32 Å². The third kappa shape index (κ3) is 5.29. The maximum Gasteiger partial charge on any atom is 0.397 e. The van der Waals surface area contributed by atoms with Crippen molar-refractivity contribution in [3.05, 3.63) is 34.3 Å². The minimum Gasteiger partial charge on any atom is -0.368 e. The first kappa shape index (κ1) is 15.5. The number of primary amides is 1. The van der Waals surface area contributed by atoms with Gasteiger partial charge in [0, 0.05) is 4.47 Å². The number of rotatable bonds is 4. The molecule has 104 valence electrons. The van der Waals surface area contributed by atoms with E-state index in [9.17, 15) is 22.8 Å². The van der Waals surface area contributed by atoms with Crippen LogP contribution in [0.25, 0.3) is 0 Å². The summed E-state index contributed by atoms with van der Waals surface area (Å²) < 4.78 is 36.7. The Morgan fingerprint density at radius 2 is 2.00 bits per heavy atom. The lowest BCUT2D eigenvalue weighted by Crippen LogP contribution is -2.39. The second-order valence-electron chi connectivity index (χ2n) is 3.75. The molecule has 0 radical (unpaired) electrons. The number of carbonyl (C=O) groups excluding carboxylic acids is 2. The molecule has 0 bridgehead atoms. The highest BCUT2D eigenvalue weighted by molar-refractivity contribution is 9.10. The van der Waals surface area contributed by atoms with Crippen molar-refractivity contribution in [2.75, 3.05) is 0 Å². The largest absolute Gasteiger partial charge is 0.397 e. The summed E-state index contributed by atoms with van der Waals surface area (Å²) in [5, 5.41) is 1.96. The lowest BCUT2D eigenvalue weighted by Gasteiger charge is -2.16. The summed E-state index contributed by atoms with van der Waals surface area (Å²) >= 11 is 3.15. The molecule has 1 atom stereocenters. The molecule has 1 aromatic rings. The number of carbonyl (C=O) groups is 2. The molecule has 0 aliphatic carbocycles. The van der Waals surface area contributed by atoms with E-state index in [0.717, 1.165) is 0 Å². The molecule has 0 heterocycles. The fourth-order valence-electron chi connectivity index (χ4n) is 1.40. The number of halogens is 4. The zero-order valence-electron chi connectivity index (χ0n) is 9.50. The second-order valence-corrected chi connectivity index (χ2v) is 4.67. The fraction of sp³-hybridized carbons (Fsp3) is 0.273. The highest BCUT2D eigenvalue weighted by atomic mass is 79.9. The van der Waals surface area contributed by atoms with Crippen molar-refractivity contribution in [3.8, 4) is 0 Å². The van der Waals surface area contributed by atoms with Crippen LogP contribution in [0.4, 0.5) is 13.2 Å². The van der Waals surface area contributed by atoms with Gasteiger partial charge in [-0.15, -0.1) is 0 Å². The van der Waals surface area contributed by atoms with E-state index >= 15 is 0 Å². The van der Waals surface area contributed by atoms with Crippen LogP contribution in [-0.2, 0) is 9.59 Å². The van der Waals surface area contributed by atoms with E-state index < -0.39 is 30.5 Å². The molecule has 1 aromatic carbocycles. The van der Waals surface area contributed by atoms with Gasteiger partial charge in [-0.2, -0.15) is 13.2 Å². The Labute approximate surface area is 115 Å². The number of alkyl halides is 3. The monoisotopic (exact) mass is 338 g/mol. The van der Waals surface area contributed by atoms with Crippen molar-refractivity contribution in [2.24, 2.45) is 5.73 Å². The van der Waals surface area contributed by atoms with E-state index in [2.05, 4.69) is 15.9 Å². The van der Waals surface area contributed by atoms with Crippen LogP contribution >= 0.6 is 15.9 Å². The van der Waals surface area contributed by atoms with Crippen LogP contribution in [-0.4, -0.2) is 18.0 Å². The summed E-state index contributed by atoms with van der Waals surface area (Å²) in [6.45, 7) is 0. The van der Waals surface area contributed by atoms with E-state index in [4.69, 9.17) is 5.73 Å². The van der Waals surface area contributed by atoms with Crippen LogP contribution in [0.1, 0.15) is 18.0 Å². The van der Waals surface area contributed by atoms with E-state index in [1.807, 2.05) is 5.32 Å². The summed E-state index contributed by atoms with van der Waals surface area (Å²) in [6, 6.07) is 4.91. The first-order chi connectivity index (χ1) is 8.69. The summed E-state index contributed by atoms with van der Waals surface area (Å²) in [5.74, 6) is -2.25. The van der Waals surface area contributed by atoms with Gasteiger partial charge >= 0.3 is 6.18 Å². The Bertz CT molecular complexity index is 491. The summed E-state index contributed by atoms with van der Waals surface area (Å²) in [5.41, 5.74) is 5.38. The Hall–Kier alpha value is -1.57. The molecule has 0 spiro atoms. The van der Waals surface area contributed by atoms with Crippen molar-refractivity contribution < 1.29 is 22.8 Å². The molecular weight excluding hydrogens is 329 g/mol. The third-order valence-electron chi connectivity index (χ3n) is 2.13. The number of hydrogen-bond acceptors (Lipinski definition) is 2. The smallest absolute Gasteiger partial charge is 0.368 e. The predicted octanol–water partition coefficient (Wildman–Crippen LogP) is 2.04. The first-order valence-electron chi connectivity index (χ1n) is 5.10. The van der Waals surface area contributed by atoms with Gasteiger partial charge in [0.15, 0.2) is 0 Å². The lowest BCUT2D eigenvalue weighted by molar-refractivity contribution is -0.155. The van der Waals surface area contributed by atoms with Gasteiger partial charge in [-0.05, 0) is 17.7 Å². The van der Waals surface area contributed by atoms with Crippen molar-refractivity contribution >= 4 is 27.7 Å². The average Bonchev–Trinajstić information content (AvgIpc) is 2.23. The molecule has 0 aliphatic rings. The molecule has 0 aromatic heterocycles. The summed E-state index contributed by atoms with van der Waals surface area (Å²) in [7, 11) is 0. The molecule has 0 unspecified atom stereocenters. The topological polar surface area (TPSA) is 72.2 Å². The number of benzene rings is 1. The SMILES string of the molecule is NC(=O)[C@@H](NC(=O)CC(F)(F)F)c1cccc(Br)c1. The van der Waals surface area contributed by atoms with Gasteiger partial charge in [-0.25, -0.2) is 0 Å². The van der Waals surface area contributed by atoms with Crippen LogP contribution < -0.4 is 11.1 Å². The van der Waals surface area contributed by atoms with E-state index in [-0.39, 0.29) is 0 Å². The molecule has 1 rings (SSSR count). The van der Waals surface area contributed by atoms with Gasteiger partial charge < -0.3 is 11.1 Å². The van der Waals surface area contributed by atoms with Gasteiger partial charge in [0.2, 0.25) is 11.8 Å². The Morgan fingerprint density at radius 3 is 2.47 bits per heavy atom. The maximum atomic E-state index is 12.0. The number of amides is 2. The van der Waals surface area contributed by atoms with Crippen molar-refractivity contribution in [2.45, 2.75) is 18.6 Å². The maximum absolute atomic E-state index is 12.0. The number of hydrogen-bond donors (Lipinski definition) is 2. The molecule has 2 amide bonds. The molecule has 19 heavy (non-hydrogen) atoms. The Kier molecular flexibility index (Phi) is 4.93. The minimum atomic E-state index is -4.64. The highest BCUT2D eigenvalue weighted by Crippen LogP contribution is 2.21. The third-order valence-corrected chi connectivity index (χ3v) is 2.63. The lowest BCUT2D eigenvalue weighted by atomic mass is 10.1. The van der Waals surface area contributed by atoms with Gasteiger partial charge in [0.1, 0.15) is 12.5 Å².